The standard InChI is InChI=1S/C32H27Cl2FN4O8/c1-15-18(30(41)47-2)9-10-19(28(15)38(43)44)25(40)13-24-29(39(45)46)26(20-4-3-5-22(34)27(20)35)32(37(24)14-16-6-7-16)21-11-8-17(33)12-23(21)36-31(32)42/h3-5,8-12,16,24,26,29H,6-7,13-14H2,1-2H3,(H,36,42)/t24-,26-,29+,32+/m0/s1. The third-order valence-corrected chi connectivity index (χ3v) is 9.98. The van der Waals surface area contributed by atoms with Crippen molar-refractivity contribution in [2.24, 2.45) is 5.92 Å². The molecule has 244 valence electrons. The number of anilines is 1. The summed E-state index contributed by atoms with van der Waals surface area (Å²) in [7, 11) is 1.11. The molecule has 1 amide bonds. The highest BCUT2D eigenvalue weighted by Crippen LogP contribution is 2.60. The normalized spacial score (nSPS) is 23.4. The number of nitro benzene ring substituents is 1. The van der Waals surface area contributed by atoms with E-state index in [4.69, 9.17) is 27.9 Å². The molecule has 1 N–H and O–H groups in total. The van der Waals surface area contributed by atoms with Gasteiger partial charge in [-0.3, -0.25) is 34.7 Å². The number of carbonyl (C=O) groups excluding carboxylic acids is 3. The maximum Gasteiger partial charge on any atom is 0.338 e. The predicted octanol–water partition coefficient (Wildman–Crippen LogP) is 6.08. The first-order chi connectivity index (χ1) is 22.3. The second-order valence-corrected chi connectivity index (χ2v) is 12.8. The monoisotopic (exact) mass is 684 g/mol. The summed E-state index contributed by atoms with van der Waals surface area (Å²) in [6.45, 7) is 1.45. The van der Waals surface area contributed by atoms with Crippen molar-refractivity contribution in [3.05, 3.63) is 112 Å². The van der Waals surface area contributed by atoms with E-state index in [9.17, 15) is 34.6 Å². The van der Waals surface area contributed by atoms with E-state index < -0.39 is 69.0 Å². The Morgan fingerprint density at radius 1 is 1.11 bits per heavy atom. The Labute approximate surface area is 277 Å². The lowest BCUT2D eigenvalue weighted by atomic mass is 9.73. The van der Waals surface area contributed by atoms with Crippen LogP contribution in [0.25, 0.3) is 0 Å². The summed E-state index contributed by atoms with van der Waals surface area (Å²) in [4.78, 5) is 66.3. The van der Waals surface area contributed by atoms with Gasteiger partial charge in [0.25, 0.3) is 11.6 Å². The van der Waals surface area contributed by atoms with Crippen LogP contribution >= 0.6 is 23.2 Å². The third kappa shape index (κ3) is 5.13. The number of ether oxygens (including phenoxy) is 1. The van der Waals surface area contributed by atoms with Gasteiger partial charge in [0.1, 0.15) is 11.4 Å². The number of hydrogen-bond donors (Lipinski definition) is 1. The van der Waals surface area contributed by atoms with Crippen LogP contribution in [0, 0.1) is 38.9 Å². The van der Waals surface area contributed by atoms with Gasteiger partial charge in [0.2, 0.25) is 6.04 Å². The molecule has 47 heavy (non-hydrogen) atoms. The van der Waals surface area contributed by atoms with Gasteiger partial charge in [-0.15, -0.1) is 0 Å². The fraction of sp³-hybridized carbons (Fsp3) is 0.344. The minimum atomic E-state index is -1.87. The molecule has 1 spiro atoms. The molecular formula is C32H27Cl2FN4O8. The van der Waals surface area contributed by atoms with E-state index in [1.54, 1.807) is 11.0 Å². The van der Waals surface area contributed by atoms with Crippen LogP contribution in [0.3, 0.4) is 0 Å². The molecule has 12 nitrogen and oxygen atoms in total. The van der Waals surface area contributed by atoms with Gasteiger partial charge < -0.3 is 10.1 Å². The number of ketones is 1. The Morgan fingerprint density at radius 3 is 2.45 bits per heavy atom. The van der Waals surface area contributed by atoms with Crippen LogP contribution in [-0.2, 0) is 15.1 Å². The van der Waals surface area contributed by atoms with Crippen molar-refractivity contribution in [2.45, 2.75) is 49.7 Å². The maximum absolute atomic E-state index is 16.0. The smallest absolute Gasteiger partial charge is 0.338 e. The van der Waals surface area contributed by atoms with Crippen LogP contribution in [0.4, 0.5) is 15.8 Å². The third-order valence-electron chi connectivity index (χ3n) is 9.45. The summed E-state index contributed by atoms with van der Waals surface area (Å²) in [6, 6.07) is 7.91. The lowest BCUT2D eigenvalue weighted by molar-refractivity contribution is -0.528. The molecule has 3 aromatic carbocycles. The van der Waals surface area contributed by atoms with Crippen LogP contribution in [0.1, 0.15) is 62.6 Å². The molecule has 3 aliphatic rings. The second kappa shape index (κ2) is 12.0. The number of rotatable bonds is 9. The zero-order valence-corrected chi connectivity index (χ0v) is 26.5. The molecule has 1 saturated heterocycles. The Balaban J connectivity index is 1.57. The summed E-state index contributed by atoms with van der Waals surface area (Å²) in [5.41, 5.74) is -2.70. The van der Waals surface area contributed by atoms with Crippen molar-refractivity contribution < 1.29 is 33.4 Å². The summed E-state index contributed by atoms with van der Waals surface area (Å²) >= 11 is 12.4. The van der Waals surface area contributed by atoms with E-state index in [1.807, 2.05) is 0 Å². The summed E-state index contributed by atoms with van der Waals surface area (Å²) in [5.74, 6) is -4.72. The van der Waals surface area contributed by atoms with Crippen molar-refractivity contribution in [2.75, 3.05) is 19.0 Å². The number of esters is 1. The number of amides is 1. The molecule has 6 rings (SSSR count). The molecule has 2 fully saturated rings. The number of carbonyl (C=O) groups is 3. The molecule has 1 saturated carbocycles. The van der Waals surface area contributed by atoms with Crippen molar-refractivity contribution in [3.8, 4) is 0 Å². The number of nitro groups is 2. The van der Waals surface area contributed by atoms with E-state index in [0.29, 0.717) is 5.56 Å². The molecule has 0 aromatic heterocycles. The summed E-state index contributed by atoms with van der Waals surface area (Å²) < 4.78 is 20.7. The van der Waals surface area contributed by atoms with Gasteiger partial charge in [-0.1, -0.05) is 41.4 Å². The largest absolute Gasteiger partial charge is 0.465 e. The lowest BCUT2D eigenvalue weighted by Gasteiger charge is -2.38. The van der Waals surface area contributed by atoms with Gasteiger partial charge in [0.05, 0.1) is 40.1 Å². The molecule has 0 bridgehead atoms. The molecule has 2 aliphatic heterocycles. The van der Waals surface area contributed by atoms with Crippen LogP contribution < -0.4 is 5.32 Å². The van der Waals surface area contributed by atoms with Crippen LogP contribution in [0.2, 0.25) is 10.0 Å². The van der Waals surface area contributed by atoms with E-state index in [0.717, 1.165) is 26.0 Å². The Hall–Kier alpha value is -4.46. The molecule has 0 radical (unpaired) electrons. The highest BCUT2D eigenvalue weighted by atomic mass is 35.5. The molecule has 15 heteroatoms. The zero-order valence-electron chi connectivity index (χ0n) is 25.0. The highest BCUT2D eigenvalue weighted by molar-refractivity contribution is 6.31. The molecule has 2 heterocycles. The Morgan fingerprint density at radius 2 is 1.81 bits per heavy atom. The molecule has 1 aliphatic carbocycles. The van der Waals surface area contributed by atoms with E-state index in [2.05, 4.69) is 5.32 Å². The Kier molecular flexibility index (Phi) is 8.27. The summed E-state index contributed by atoms with van der Waals surface area (Å²) in [5, 5.41) is 28.1. The fourth-order valence-electron chi connectivity index (χ4n) is 7.29. The number of methoxy groups -OCH3 is 1. The fourth-order valence-corrected chi connectivity index (χ4v) is 7.65. The predicted molar refractivity (Wildman–Crippen MR) is 168 cm³/mol. The lowest BCUT2D eigenvalue weighted by Crippen LogP contribution is -2.53. The first-order valence-electron chi connectivity index (χ1n) is 14.7. The van der Waals surface area contributed by atoms with E-state index in [-0.39, 0.29) is 50.4 Å². The number of halogens is 3. The molecular weight excluding hydrogens is 658 g/mol. The van der Waals surface area contributed by atoms with Crippen molar-refractivity contribution >= 4 is 52.2 Å². The van der Waals surface area contributed by atoms with Gasteiger partial charge in [0.15, 0.2) is 5.78 Å². The summed E-state index contributed by atoms with van der Waals surface area (Å²) in [6.07, 6.45) is 0.898. The number of likely N-dealkylation sites (tertiary alicyclic amines) is 1. The van der Waals surface area contributed by atoms with E-state index >= 15 is 4.39 Å². The maximum atomic E-state index is 16.0. The Bertz CT molecular complexity index is 1890. The van der Waals surface area contributed by atoms with Gasteiger partial charge in [-0.25, -0.2) is 9.18 Å². The average molecular weight is 685 g/mol. The number of hydrogen-bond acceptors (Lipinski definition) is 9. The first kappa shape index (κ1) is 32.5. The minimum Gasteiger partial charge on any atom is -0.465 e. The number of fused-ring (bicyclic) bond motifs is 2. The molecule has 4 atom stereocenters. The SMILES string of the molecule is COC(=O)c1ccc(C(=O)C[C@H]2[C@@H]([N+](=O)[O-])[C@H](c3cccc(Cl)c3F)[C@]3(C(=O)Nc4cc(Cl)ccc43)N2CC2CC2)c([N+](=O)[O-])c1C. The molecule has 0 unspecified atom stereocenters. The average Bonchev–Trinajstić information content (AvgIpc) is 3.74. The second-order valence-electron chi connectivity index (χ2n) is 12.0. The van der Waals surface area contributed by atoms with Crippen LogP contribution in [-0.4, -0.2) is 58.1 Å². The topological polar surface area (TPSA) is 162 Å². The van der Waals surface area contributed by atoms with Crippen molar-refractivity contribution in [3.63, 3.8) is 0 Å². The molecule has 3 aromatic rings. The first-order valence-corrected chi connectivity index (χ1v) is 15.4. The number of Topliss-reactive ketones (excluding diaryl/α,β-unsaturated/α-hetero) is 1. The van der Waals surface area contributed by atoms with Crippen molar-refractivity contribution in [1.29, 1.82) is 0 Å². The number of benzene rings is 3. The number of nitrogens with zero attached hydrogens (tertiary/aromatic N) is 3. The minimum absolute atomic E-state index is 0.0277. The highest BCUT2D eigenvalue weighted by Gasteiger charge is 2.71. The van der Waals surface area contributed by atoms with Gasteiger partial charge >= 0.3 is 5.97 Å². The van der Waals surface area contributed by atoms with Gasteiger partial charge in [-0.2, -0.15) is 0 Å². The quantitative estimate of drug-likeness (QED) is 0.122. The van der Waals surface area contributed by atoms with Gasteiger partial charge in [0, 0.05) is 45.3 Å². The zero-order chi connectivity index (χ0) is 33.9. The van der Waals surface area contributed by atoms with Gasteiger partial charge in [-0.05, 0) is 56.0 Å². The van der Waals surface area contributed by atoms with Crippen LogP contribution in [0.15, 0.2) is 48.5 Å². The van der Waals surface area contributed by atoms with Crippen LogP contribution in [0.5, 0.6) is 0 Å². The van der Waals surface area contributed by atoms with Crippen molar-refractivity contribution in [1.82, 2.24) is 4.90 Å². The van der Waals surface area contributed by atoms with E-state index in [1.165, 1.54) is 43.3 Å². The number of nitrogens with one attached hydrogen (secondary N) is 1.